The quantitative estimate of drug-likeness (QED) is 0.614. The molecule has 0 aliphatic carbocycles. The van der Waals surface area contributed by atoms with Crippen LogP contribution in [0.1, 0.15) is 27.2 Å². The maximum atomic E-state index is 13.0. The van der Waals surface area contributed by atoms with Crippen LogP contribution in [0.2, 0.25) is 0 Å². The van der Waals surface area contributed by atoms with Gasteiger partial charge < -0.3 is 4.57 Å². The molecule has 2 aromatic carbocycles. The summed E-state index contributed by atoms with van der Waals surface area (Å²) >= 11 is 0. The molecule has 0 aliphatic heterocycles. The lowest BCUT2D eigenvalue weighted by Gasteiger charge is -2.06. The number of nitrogens with zero attached hydrogens (tertiary/aromatic N) is 1. The number of carbonyl (C=O) groups is 1. The first-order chi connectivity index (χ1) is 11.6. The van der Waals surface area contributed by atoms with Crippen molar-refractivity contribution in [2.75, 3.05) is 0 Å². The van der Waals surface area contributed by atoms with Crippen molar-refractivity contribution in [1.29, 1.82) is 0 Å². The largest absolute Gasteiger partial charge is 0.341 e. The second kappa shape index (κ2) is 7.09. The normalized spacial score (nSPS) is 11.1. The van der Waals surface area contributed by atoms with Crippen LogP contribution in [-0.4, -0.2) is 10.4 Å². The fourth-order valence-electron chi connectivity index (χ4n) is 2.60. The topological polar surface area (TPSA) is 22.0 Å². The molecule has 0 spiro atoms. The molecule has 0 bridgehead atoms. The van der Waals surface area contributed by atoms with Crippen LogP contribution in [0, 0.1) is 12.7 Å². The van der Waals surface area contributed by atoms with E-state index in [0.29, 0.717) is 17.8 Å². The Morgan fingerprint density at radius 1 is 1.08 bits per heavy atom. The average Bonchev–Trinajstić information content (AvgIpc) is 3.03. The number of hydrogen-bond donors (Lipinski definition) is 0. The first kappa shape index (κ1) is 15.9. The van der Waals surface area contributed by atoms with Gasteiger partial charge in [-0.15, -0.1) is 0 Å². The molecule has 120 valence electrons. The number of allylic oxidation sites excluding steroid dienone is 1. The van der Waals surface area contributed by atoms with E-state index < -0.39 is 0 Å². The standard InChI is InChI=1S/C21H18FNO/c1-16-5-2-6-17(15-16)7-3-13-23-14-4-8-20(23)21(24)18-9-11-19(22)12-10-18/h2-12,14-15H,13H2,1H3/b7-3+. The number of hydrogen-bond acceptors (Lipinski definition) is 1. The lowest BCUT2D eigenvalue weighted by atomic mass is 10.1. The van der Waals surface area contributed by atoms with Crippen molar-refractivity contribution in [1.82, 2.24) is 4.57 Å². The molecule has 0 fully saturated rings. The second-order valence-electron chi connectivity index (χ2n) is 5.70. The lowest BCUT2D eigenvalue weighted by molar-refractivity contribution is 0.103. The zero-order valence-corrected chi connectivity index (χ0v) is 13.4. The third-order valence-corrected chi connectivity index (χ3v) is 3.82. The first-order valence-corrected chi connectivity index (χ1v) is 7.82. The zero-order chi connectivity index (χ0) is 16.9. The second-order valence-corrected chi connectivity index (χ2v) is 5.70. The van der Waals surface area contributed by atoms with Gasteiger partial charge >= 0.3 is 0 Å². The van der Waals surface area contributed by atoms with E-state index in [9.17, 15) is 9.18 Å². The molecule has 1 heterocycles. The van der Waals surface area contributed by atoms with Crippen LogP contribution in [-0.2, 0) is 6.54 Å². The molecule has 2 nitrogen and oxygen atoms in total. The van der Waals surface area contributed by atoms with Crippen LogP contribution >= 0.6 is 0 Å². The Hall–Kier alpha value is -2.94. The molecular formula is C21H18FNO. The van der Waals surface area contributed by atoms with E-state index in [4.69, 9.17) is 0 Å². The molecule has 0 unspecified atom stereocenters. The van der Waals surface area contributed by atoms with Gasteiger partial charge in [0, 0.05) is 18.3 Å². The molecule has 3 rings (SSSR count). The summed E-state index contributed by atoms with van der Waals surface area (Å²) in [6, 6.07) is 17.5. The first-order valence-electron chi connectivity index (χ1n) is 7.82. The van der Waals surface area contributed by atoms with E-state index in [1.54, 1.807) is 6.07 Å². The van der Waals surface area contributed by atoms with Crippen LogP contribution in [0.3, 0.4) is 0 Å². The third kappa shape index (κ3) is 3.69. The summed E-state index contributed by atoms with van der Waals surface area (Å²) in [6.45, 7) is 2.66. The van der Waals surface area contributed by atoms with Gasteiger partial charge in [0.2, 0.25) is 5.78 Å². The molecule has 0 atom stereocenters. The Balaban J connectivity index is 1.75. The summed E-state index contributed by atoms with van der Waals surface area (Å²) in [5.41, 5.74) is 3.42. The Morgan fingerprint density at radius 3 is 2.62 bits per heavy atom. The highest BCUT2D eigenvalue weighted by Crippen LogP contribution is 2.13. The fourth-order valence-corrected chi connectivity index (χ4v) is 2.60. The fraction of sp³-hybridized carbons (Fsp3) is 0.0952. The number of carbonyl (C=O) groups excluding carboxylic acids is 1. The summed E-state index contributed by atoms with van der Waals surface area (Å²) < 4.78 is 14.9. The number of ketones is 1. The molecule has 0 saturated carbocycles. The van der Waals surface area contributed by atoms with Gasteiger partial charge in [-0.3, -0.25) is 4.79 Å². The molecule has 0 N–H and O–H groups in total. The molecule has 24 heavy (non-hydrogen) atoms. The summed E-state index contributed by atoms with van der Waals surface area (Å²) in [4.78, 5) is 12.5. The van der Waals surface area contributed by atoms with Crippen LogP contribution < -0.4 is 0 Å². The third-order valence-electron chi connectivity index (χ3n) is 3.82. The van der Waals surface area contributed by atoms with Crippen molar-refractivity contribution in [2.24, 2.45) is 0 Å². The molecule has 0 amide bonds. The van der Waals surface area contributed by atoms with E-state index >= 15 is 0 Å². The van der Waals surface area contributed by atoms with Crippen molar-refractivity contribution in [3.05, 3.63) is 101 Å². The monoisotopic (exact) mass is 319 g/mol. The highest BCUT2D eigenvalue weighted by Gasteiger charge is 2.12. The minimum atomic E-state index is -0.344. The van der Waals surface area contributed by atoms with Gasteiger partial charge in [-0.25, -0.2) is 4.39 Å². The van der Waals surface area contributed by atoms with E-state index in [0.717, 1.165) is 5.56 Å². The molecule has 0 radical (unpaired) electrons. The van der Waals surface area contributed by atoms with Crippen LogP contribution in [0.4, 0.5) is 4.39 Å². The van der Waals surface area contributed by atoms with Gasteiger partial charge in [-0.1, -0.05) is 42.0 Å². The number of rotatable bonds is 5. The van der Waals surface area contributed by atoms with Crippen molar-refractivity contribution >= 4 is 11.9 Å². The predicted octanol–water partition coefficient (Wildman–Crippen LogP) is 4.88. The molecule has 1 aromatic heterocycles. The van der Waals surface area contributed by atoms with Gasteiger partial charge in [0.15, 0.2) is 0 Å². The van der Waals surface area contributed by atoms with Crippen LogP contribution in [0.15, 0.2) is 72.9 Å². The summed E-state index contributed by atoms with van der Waals surface area (Å²) in [6.07, 6.45) is 5.94. The maximum Gasteiger partial charge on any atom is 0.209 e. The van der Waals surface area contributed by atoms with Crippen LogP contribution in [0.25, 0.3) is 6.08 Å². The van der Waals surface area contributed by atoms with E-state index in [-0.39, 0.29) is 11.6 Å². The highest BCUT2D eigenvalue weighted by molar-refractivity contribution is 6.07. The molecule has 3 aromatic rings. The SMILES string of the molecule is Cc1cccc(/C=C/Cn2cccc2C(=O)c2ccc(F)cc2)c1. The molecular weight excluding hydrogens is 301 g/mol. The Bertz CT molecular complexity index is 875. The van der Waals surface area contributed by atoms with Crippen molar-refractivity contribution < 1.29 is 9.18 Å². The van der Waals surface area contributed by atoms with E-state index in [2.05, 4.69) is 19.1 Å². The number of benzene rings is 2. The van der Waals surface area contributed by atoms with Gasteiger partial charge in [-0.2, -0.15) is 0 Å². The van der Waals surface area contributed by atoms with Crippen molar-refractivity contribution in [3.63, 3.8) is 0 Å². The number of aromatic nitrogens is 1. The number of halogens is 1. The molecule has 0 aliphatic rings. The Kier molecular flexibility index (Phi) is 4.71. The van der Waals surface area contributed by atoms with Crippen molar-refractivity contribution in [2.45, 2.75) is 13.5 Å². The van der Waals surface area contributed by atoms with Gasteiger partial charge in [0.1, 0.15) is 5.82 Å². The van der Waals surface area contributed by atoms with Gasteiger partial charge in [-0.05, 0) is 48.9 Å². The van der Waals surface area contributed by atoms with Crippen LogP contribution in [0.5, 0.6) is 0 Å². The highest BCUT2D eigenvalue weighted by atomic mass is 19.1. The average molecular weight is 319 g/mol. The van der Waals surface area contributed by atoms with Gasteiger partial charge in [0.25, 0.3) is 0 Å². The zero-order valence-electron chi connectivity index (χ0n) is 13.4. The van der Waals surface area contributed by atoms with Gasteiger partial charge in [0.05, 0.1) is 5.69 Å². The maximum absolute atomic E-state index is 13.0. The lowest BCUT2D eigenvalue weighted by Crippen LogP contribution is -2.09. The van der Waals surface area contributed by atoms with E-state index in [1.165, 1.54) is 29.8 Å². The number of aryl methyl sites for hydroxylation is 1. The van der Waals surface area contributed by atoms with Crippen molar-refractivity contribution in [3.8, 4) is 0 Å². The molecule has 0 saturated heterocycles. The Morgan fingerprint density at radius 2 is 1.88 bits per heavy atom. The summed E-state index contributed by atoms with van der Waals surface area (Å²) in [5.74, 6) is -0.452. The van der Waals surface area contributed by atoms with E-state index in [1.807, 2.05) is 41.1 Å². The smallest absolute Gasteiger partial charge is 0.209 e. The summed E-state index contributed by atoms with van der Waals surface area (Å²) in [5, 5.41) is 0. The predicted molar refractivity (Wildman–Crippen MR) is 94.5 cm³/mol. The summed E-state index contributed by atoms with van der Waals surface area (Å²) in [7, 11) is 0. The minimum absolute atomic E-state index is 0.107. The minimum Gasteiger partial charge on any atom is -0.341 e. The molecule has 3 heteroatoms. The Labute approximate surface area is 140 Å².